The van der Waals surface area contributed by atoms with Crippen molar-refractivity contribution in [3.8, 4) is 5.75 Å². The SMILES string of the molecule is CCC(=O)c1cc(Cl)ccc1OCC(=O)N[C@H]1CCCC[C@@H]1C. The van der Waals surface area contributed by atoms with Crippen LogP contribution < -0.4 is 10.1 Å². The minimum Gasteiger partial charge on any atom is -0.483 e. The maximum absolute atomic E-state index is 12.1. The summed E-state index contributed by atoms with van der Waals surface area (Å²) in [5.74, 6) is 0.714. The summed E-state index contributed by atoms with van der Waals surface area (Å²) in [6.07, 6.45) is 4.92. The van der Waals surface area contributed by atoms with Gasteiger partial charge in [-0.25, -0.2) is 0 Å². The molecule has 0 radical (unpaired) electrons. The van der Waals surface area contributed by atoms with Crippen LogP contribution >= 0.6 is 11.6 Å². The van der Waals surface area contributed by atoms with Crippen LogP contribution in [-0.2, 0) is 4.79 Å². The second-order valence-electron chi connectivity index (χ2n) is 6.14. The largest absolute Gasteiger partial charge is 0.483 e. The lowest BCUT2D eigenvalue weighted by Crippen LogP contribution is -2.43. The summed E-state index contributed by atoms with van der Waals surface area (Å²) in [5.41, 5.74) is 0.429. The lowest BCUT2D eigenvalue weighted by Gasteiger charge is -2.29. The van der Waals surface area contributed by atoms with Gasteiger partial charge in [0.15, 0.2) is 12.4 Å². The number of amides is 1. The van der Waals surface area contributed by atoms with Gasteiger partial charge in [0, 0.05) is 17.5 Å². The Hall–Kier alpha value is -1.55. The lowest BCUT2D eigenvalue weighted by atomic mass is 9.86. The van der Waals surface area contributed by atoms with Gasteiger partial charge in [-0.15, -0.1) is 0 Å². The standard InChI is InChI=1S/C18H24ClNO3/c1-3-16(21)14-10-13(19)8-9-17(14)23-11-18(22)20-15-7-5-4-6-12(15)2/h8-10,12,15H,3-7,11H2,1-2H3,(H,20,22)/t12-,15-/m0/s1. The second kappa shape index (κ2) is 8.34. The quantitative estimate of drug-likeness (QED) is 0.798. The fourth-order valence-electron chi connectivity index (χ4n) is 2.96. The first-order valence-corrected chi connectivity index (χ1v) is 8.64. The highest BCUT2D eigenvalue weighted by Gasteiger charge is 2.23. The molecule has 4 nitrogen and oxygen atoms in total. The van der Waals surface area contributed by atoms with E-state index in [-0.39, 0.29) is 24.3 Å². The molecule has 0 saturated heterocycles. The lowest BCUT2D eigenvalue weighted by molar-refractivity contribution is -0.124. The minimum atomic E-state index is -0.145. The third-order valence-electron chi connectivity index (χ3n) is 4.38. The maximum atomic E-state index is 12.1. The van der Waals surface area contributed by atoms with Crippen molar-refractivity contribution in [1.82, 2.24) is 5.32 Å². The average Bonchev–Trinajstić information content (AvgIpc) is 2.55. The number of nitrogens with one attached hydrogen (secondary N) is 1. The topological polar surface area (TPSA) is 55.4 Å². The van der Waals surface area contributed by atoms with Crippen molar-refractivity contribution in [2.24, 2.45) is 5.92 Å². The molecule has 0 bridgehead atoms. The molecular weight excluding hydrogens is 314 g/mol. The normalized spacial score (nSPS) is 20.8. The highest BCUT2D eigenvalue weighted by molar-refractivity contribution is 6.31. The number of halogens is 1. The van der Waals surface area contributed by atoms with Crippen LogP contribution in [0.5, 0.6) is 5.75 Å². The van der Waals surface area contributed by atoms with E-state index in [1.165, 1.54) is 6.42 Å². The molecule has 1 aromatic carbocycles. The van der Waals surface area contributed by atoms with E-state index in [2.05, 4.69) is 12.2 Å². The molecule has 1 N–H and O–H groups in total. The predicted octanol–water partition coefficient (Wildman–Crippen LogP) is 4.01. The van der Waals surface area contributed by atoms with Crippen LogP contribution in [0.4, 0.5) is 0 Å². The van der Waals surface area contributed by atoms with Gasteiger partial charge in [-0.3, -0.25) is 9.59 Å². The smallest absolute Gasteiger partial charge is 0.258 e. The fraction of sp³-hybridized carbons (Fsp3) is 0.556. The van der Waals surface area contributed by atoms with Crippen LogP contribution in [0, 0.1) is 5.92 Å². The zero-order valence-corrected chi connectivity index (χ0v) is 14.5. The van der Waals surface area contributed by atoms with E-state index in [9.17, 15) is 9.59 Å². The van der Waals surface area contributed by atoms with Crippen molar-refractivity contribution in [2.45, 2.75) is 52.0 Å². The number of ketones is 1. The van der Waals surface area contributed by atoms with Gasteiger partial charge in [0.25, 0.3) is 5.91 Å². The third-order valence-corrected chi connectivity index (χ3v) is 4.61. The van der Waals surface area contributed by atoms with Crippen LogP contribution in [0.1, 0.15) is 56.3 Å². The highest BCUT2D eigenvalue weighted by Crippen LogP contribution is 2.25. The van der Waals surface area contributed by atoms with Crippen LogP contribution in [0.15, 0.2) is 18.2 Å². The number of benzene rings is 1. The first kappa shape index (κ1) is 17.8. The van der Waals surface area contributed by atoms with E-state index >= 15 is 0 Å². The van der Waals surface area contributed by atoms with E-state index in [0.717, 1.165) is 19.3 Å². The van der Waals surface area contributed by atoms with E-state index in [1.807, 2.05) is 0 Å². The van der Waals surface area contributed by atoms with Crippen molar-refractivity contribution < 1.29 is 14.3 Å². The summed E-state index contributed by atoms with van der Waals surface area (Å²) in [6, 6.07) is 5.11. The minimum absolute atomic E-state index is 0.0520. The number of carbonyl (C=O) groups is 2. The Balaban J connectivity index is 1.95. The number of carbonyl (C=O) groups excluding carboxylic acids is 2. The van der Waals surface area contributed by atoms with Crippen molar-refractivity contribution in [2.75, 3.05) is 6.61 Å². The van der Waals surface area contributed by atoms with E-state index in [0.29, 0.717) is 28.7 Å². The molecule has 5 heteroatoms. The van der Waals surface area contributed by atoms with Gasteiger partial charge in [-0.1, -0.05) is 38.3 Å². The Labute approximate surface area is 142 Å². The highest BCUT2D eigenvalue weighted by atomic mass is 35.5. The first-order valence-electron chi connectivity index (χ1n) is 8.26. The number of ether oxygens (including phenoxy) is 1. The van der Waals surface area contributed by atoms with E-state index < -0.39 is 0 Å². The molecule has 1 aromatic rings. The molecule has 0 heterocycles. The molecular formula is C18H24ClNO3. The molecule has 1 fully saturated rings. The van der Waals surface area contributed by atoms with Crippen LogP contribution in [0.3, 0.4) is 0 Å². The molecule has 1 aliphatic carbocycles. The zero-order valence-electron chi connectivity index (χ0n) is 13.7. The Kier molecular flexibility index (Phi) is 6.46. The Morgan fingerprint density at radius 2 is 2.04 bits per heavy atom. The molecule has 1 amide bonds. The molecule has 0 unspecified atom stereocenters. The number of Topliss-reactive ketones (excluding diaryl/α,β-unsaturated/α-hetero) is 1. The number of hydrogen-bond donors (Lipinski definition) is 1. The summed E-state index contributed by atoms with van der Waals surface area (Å²) in [6.45, 7) is 3.86. The average molecular weight is 338 g/mol. The molecule has 1 saturated carbocycles. The molecule has 126 valence electrons. The predicted molar refractivity (Wildman–Crippen MR) is 91.1 cm³/mol. The molecule has 2 atom stereocenters. The summed E-state index contributed by atoms with van der Waals surface area (Å²) in [7, 11) is 0. The zero-order chi connectivity index (χ0) is 16.8. The molecule has 23 heavy (non-hydrogen) atoms. The van der Waals surface area contributed by atoms with Gasteiger partial charge in [0.2, 0.25) is 0 Å². The van der Waals surface area contributed by atoms with Gasteiger partial charge in [0.1, 0.15) is 5.75 Å². The fourth-order valence-corrected chi connectivity index (χ4v) is 3.13. The first-order chi connectivity index (χ1) is 11.0. The van der Waals surface area contributed by atoms with Gasteiger partial charge < -0.3 is 10.1 Å². The molecule has 2 rings (SSSR count). The second-order valence-corrected chi connectivity index (χ2v) is 6.58. The third kappa shape index (κ3) is 4.96. The Morgan fingerprint density at radius 3 is 2.74 bits per heavy atom. The van der Waals surface area contributed by atoms with E-state index in [1.54, 1.807) is 25.1 Å². The van der Waals surface area contributed by atoms with Gasteiger partial charge >= 0.3 is 0 Å². The molecule has 0 spiro atoms. The monoisotopic (exact) mass is 337 g/mol. The molecule has 1 aliphatic rings. The van der Waals surface area contributed by atoms with Crippen molar-refractivity contribution in [3.05, 3.63) is 28.8 Å². The number of hydrogen-bond acceptors (Lipinski definition) is 3. The number of rotatable bonds is 6. The van der Waals surface area contributed by atoms with Crippen LogP contribution in [0.25, 0.3) is 0 Å². The summed E-state index contributed by atoms with van der Waals surface area (Å²) in [4.78, 5) is 24.1. The van der Waals surface area contributed by atoms with Crippen LogP contribution in [0.2, 0.25) is 5.02 Å². The Bertz CT molecular complexity index is 573. The molecule has 0 aliphatic heterocycles. The van der Waals surface area contributed by atoms with Crippen molar-refractivity contribution in [1.29, 1.82) is 0 Å². The van der Waals surface area contributed by atoms with E-state index in [4.69, 9.17) is 16.3 Å². The maximum Gasteiger partial charge on any atom is 0.258 e. The molecule has 0 aromatic heterocycles. The van der Waals surface area contributed by atoms with Gasteiger partial charge in [-0.2, -0.15) is 0 Å². The Morgan fingerprint density at radius 1 is 1.30 bits per heavy atom. The summed E-state index contributed by atoms with van der Waals surface area (Å²) in [5, 5.41) is 3.52. The van der Waals surface area contributed by atoms with Crippen molar-refractivity contribution >= 4 is 23.3 Å². The van der Waals surface area contributed by atoms with Gasteiger partial charge in [0.05, 0.1) is 5.56 Å². The summed E-state index contributed by atoms with van der Waals surface area (Å²) < 4.78 is 5.56. The van der Waals surface area contributed by atoms with Crippen molar-refractivity contribution in [3.63, 3.8) is 0 Å². The summed E-state index contributed by atoms with van der Waals surface area (Å²) >= 11 is 5.94. The van der Waals surface area contributed by atoms with Gasteiger partial charge in [-0.05, 0) is 37.0 Å². The van der Waals surface area contributed by atoms with Crippen LogP contribution in [-0.4, -0.2) is 24.3 Å².